The zero-order chi connectivity index (χ0) is 41.0. The molecule has 0 amide bonds. The minimum absolute atomic E-state index is 0.829. The molecule has 6 aromatic carbocycles. The second-order valence-electron chi connectivity index (χ2n) is 17.0. The molecule has 3 aliphatic rings. The maximum Gasteiger partial charge on any atom is 0.156 e. The molecule has 0 atom stereocenters. The molecule has 0 unspecified atom stereocenters. The van der Waals surface area contributed by atoms with Crippen LogP contribution in [0.3, 0.4) is 0 Å². The average molecular weight is 799 g/mol. The predicted molar refractivity (Wildman–Crippen MR) is 260 cm³/mol. The van der Waals surface area contributed by atoms with E-state index >= 15 is 0 Å². The highest BCUT2D eigenvalue weighted by molar-refractivity contribution is 6.26. The number of hydrogen-bond donors (Lipinski definition) is 0. The summed E-state index contributed by atoms with van der Waals surface area (Å²) >= 11 is 0. The van der Waals surface area contributed by atoms with E-state index in [2.05, 4.69) is 191 Å². The molecule has 3 aliphatic carbocycles. The number of rotatable bonds is 7. The van der Waals surface area contributed by atoms with Gasteiger partial charge in [-0.15, -0.1) is 0 Å². The molecule has 0 radical (unpaired) electrons. The van der Waals surface area contributed by atoms with E-state index in [0.29, 0.717) is 0 Å². The average Bonchev–Trinajstić information content (AvgIpc) is 3.88. The number of allylic oxidation sites excluding steroid dienone is 10. The molecule has 3 aromatic heterocycles. The lowest BCUT2D eigenvalue weighted by molar-refractivity contribution is 0.699. The Bertz CT molecular complexity index is 3370. The molecule has 4 heteroatoms. The number of hydrogen-bond acceptors (Lipinski definition) is 2. The fourth-order valence-corrected chi connectivity index (χ4v) is 10.3. The van der Waals surface area contributed by atoms with Crippen LogP contribution in [0.5, 0.6) is 0 Å². The van der Waals surface area contributed by atoms with Gasteiger partial charge in [0.05, 0.1) is 33.5 Å². The van der Waals surface area contributed by atoms with E-state index in [4.69, 9.17) is 9.97 Å². The first-order valence-corrected chi connectivity index (χ1v) is 22.3. The molecule has 9 aromatic rings. The summed E-state index contributed by atoms with van der Waals surface area (Å²) in [7, 11) is 0. The van der Waals surface area contributed by atoms with E-state index in [9.17, 15) is 0 Å². The van der Waals surface area contributed by atoms with Crippen molar-refractivity contribution in [3.05, 3.63) is 210 Å². The number of benzene rings is 6. The molecule has 4 nitrogen and oxygen atoms in total. The fourth-order valence-electron chi connectivity index (χ4n) is 10.3. The molecular formula is C58H46N4. The monoisotopic (exact) mass is 798 g/mol. The largest absolute Gasteiger partial charge is 0.309 e. The lowest BCUT2D eigenvalue weighted by Gasteiger charge is -2.21. The first-order chi connectivity index (χ1) is 30.7. The van der Waals surface area contributed by atoms with Gasteiger partial charge in [0.1, 0.15) is 0 Å². The van der Waals surface area contributed by atoms with Gasteiger partial charge in [-0.2, -0.15) is 0 Å². The van der Waals surface area contributed by atoms with Crippen molar-refractivity contribution in [1.82, 2.24) is 19.1 Å². The first kappa shape index (κ1) is 36.5. The van der Waals surface area contributed by atoms with Crippen molar-refractivity contribution >= 4 is 60.3 Å². The van der Waals surface area contributed by atoms with Gasteiger partial charge >= 0.3 is 0 Å². The Morgan fingerprint density at radius 1 is 0.387 bits per heavy atom. The highest BCUT2D eigenvalue weighted by atomic mass is 15.0. The number of nitrogens with zero attached hydrogens (tertiary/aromatic N) is 4. The maximum absolute atomic E-state index is 5.34. The fraction of sp³-hybridized carbons (Fsp3) is 0.138. The summed E-state index contributed by atoms with van der Waals surface area (Å²) in [6.07, 6.45) is 20.6. The first-order valence-electron chi connectivity index (χ1n) is 22.3. The molecule has 0 aliphatic heterocycles. The SMILES string of the molecule is C1=C(C2=CC=C(c3cc(-c4ccc(-n5c6ccccc6c6ccc7c(c8ccccc8n7-c7ccccc7)c65)cc4)nc(C4=CC=C(c5ccccc5)CC4)n3)CC2)CCCC1. The molecule has 298 valence electrons. The summed E-state index contributed by atoms with van der Waals surface area (Å²) in [6, 6.07) is 55.0. The molecule has 0 spiro atoms. The Hall–Kier alpha value is -7.30. The zero-order valence-electron chi connectivity index (χ0n) is 34.8. The van der Waals surface area contributed by atoms with Crippen LogP contribution < -0.4 is 0 Å². The summed E-state index contributed by atoms with van der Waals surface area (Å²) in [5, 5.41) is 5.01. The van der Waals surface area contributed by atoms with Gasteiger partial charge in [0.15, 0.2) is 5.82 Å². The third-order valence-electron chi connectivity index (χ3n) is 13.4. The summed E-state index contributed by atoms with van der Waals surface area (Å²) in [5.41, 5.74) is 18.3. The van der Waals surface area contributed by atoms with Crippen LogP contribution in [0.1, 0.15) is 68.4 Å². The third kappa shape index (κ3) is 6.29. The number of para-hydroxylation sites is 3. The van der Waals surface area contributed by atoms with E-state index in [-0.39, 0.29) is 0 Å². The summed E-state index contributed by atoms with van der Waals surface area (Å²) < 4.78 is 4.88. The van der Waals surface area contributed by atoms with Crippen molar-refractivity contribution < 1.29 is 0 Å². The molecule has 0 saturated carbocycles. The molecule has 0 fully saturated rings. The van der Waals surface area contributed by atoms with Crippen LogP contribution >= 0.6 is 0 Å². The van der Waals surface area contributed by atoms with E-state index in [1.807, 2.05) is 0 Å². The van der Waals surface area contributed by atoms with Crippen molar-refractivity contribution in [3.63, 3.8) is 0 Å². The van der Waals surface area contributed by atoms with Crippen molar-refractivity contribution in [3.8, 4) is 22.6 Å². The van der Waals surface area contributed by atoms with Crippen LogP contribution in [0, 0.1) is 0 Å². The molecule has 0 N–H and O–H groups in total. The minimum atomic E-state index is 0.829. The van der Waals surface area contributed by atoms with Crippen LogP contribution in [0.25, 0.3) is 83.0 Å². The summed E-state index contributed by atoms with van der Waals surface area (Å²) in [6.45, 7) is 0. The smallest absolute Gasteiger partial charge is 0.156 e. The molecular weight excluding hydrogens is 753 g/mol. The maximum atomic E-state index is 5.34. The van der Waals surface area contributed by atoms with E-state index in [1.54, 1.807) is 5.57 Å². The van der Waals surface area contributed by atoms with Gasteiger partial charge in [-0.05, 0) is 133 Å². The van der Waals surface area contributed by atoms with Crippen LogP contribution in [0.4, 0.5) is 0 Å². The van der Waals surface area contributed by atoms with Crippen LogP contribution in [0.15, 0.2) is 193 Å². The lowest BCUT2D eigenvalue weighted by atomic mass is 9.86. The van der Waals surface area contributed by atoms with Gasteiger partial charge in [0.25, 0.3) is 0 Å². The van der Waals surface area contributed by atoms with Gasteiger partial charge in [-0.1, -0.05) is 134 Å². The predicted octanol–water partition coefficient (Wildman–Crippen LogP) is 15.2. The van der Waals surface area contributed by atoms with E-state index in [1.165, 1.54) is 97.2 Å². The standard InChI is InChI=1S/C58H46N4/c1-4-14-39(15-5-1)41-24-28-43(29-25-41)51-38-52(60-58(59-51)45-30-26-42(27-31-45)40-16-6-2-7-17-40)44-32-34-47(35-33-44)62-53-22-12-10-20-48(53)49-36-37-55-56(57(49)62)50-21-11-13-23-54(50)61(55)46-18-8-3-9-19-46/h2-3,6-14,16-24,26,28,30,32-38H,1,4-5,15,25,27,29,31H2. The Morgan fingerprint density at radius 2 is 1.02 bits per heavy atom. The number of aromatic nitrogens is 4. The quantitative estimate of drug-likeness (QED) is 0.161. The molecule has 0 bridgehead atoms. The van der Waals surface area contributed by atoms with Gasteiger partial charge in [-0.3, -0.25) is 0 Å². The normalized spacial score (nSPS) is 15.7. The Kier molecular flexibility index (Phi) is 9.02. The van der Waals surface area contributed by atoms with E-state index < -0.39 is 0 Å². The summed E-state index contributed by atoms with van der Waals surface area (Å²) in [4.78, 5) is 10.7. The van der Waals surface area contributed by atoms with Crippen molar-refractivity contribution in [1.29, 1.82) is 0 Å². The minimum Gasteiger partial charge on any atom is -0.309 e. The van der Waals surface area contributed by atoms with Crippen LogP contribution in [-0.4, -0.2) is 19.1 Å². The van der Waals surface area contributed by atoms with Crippen LogP contribution in [-0.2, 0) is 0 Å². The van der Waals surface area contributed by atoms with Crippen molar-refractivity contribution in [2.45, 2.75) is 51.4 Å². The highest BCUT2D eigenvalue weighted by Gasteiger charge is 2.22. The van der Waals surface area contributed by atoms with Gasteiger partial charge < -0.3 is 9.13 Å². The molecule has 12 rings (SSSR count). The van der Waals surface area contributed by atoms with Gasteiger partial charge in [0.2, 0.25) is 0 Å². The third-order valence-corrected chi connectivity index (χ3v) is 13.4. The molecule has 3 heterocycles. The topological polar surface area (TPSA) is 35.6 Å². The van der Waals surface area contributed by atoms with Crippen LogP contribution in [0.2, 0.25) is 0 Å². The molecule has 62 heavy (non-hydrogen) atoms. The lowest BCUT2D eigenvalue weighted by Crippen LogP contribution is -2.05. The zero-order valence-corrected chi connectivity index (χ0v) is 34.8. The van der Waals surface area contributed by atoms with Gasteiger partial charge in [-0.25, -0.2) is 9.97 Å². The van der Waals surface area contributed by atoms with Crippen molar-refractivity contribution in [2.24, 2.45) is 0 Å². The Morgan fingerprint density at radius 3 is 1.76 bits per heavy atom. The summed E-state index contributed by atoms with van der Waals surface area (Å²) in [5.74, 6) is 0.829. The van der Waals surface area contributed by atoms with E-state index in [0.717, 1.165) is 59.8 Å². The highest BCUT2D eigenvalue weighted by Crippen LogP contribution is 2.43. The second-order valence-corrected chi connectivity index (χ2v) is 17.0. The Balaban J connectivity index is 0.994. The second kappa shape index (κ2) is 15.3. The number of fused-ring (bicyclic) bond motifs is 7. The van der Waals surface area contributed by atoms with Crippen molar-refractivity contribution in [2.75, 3.05) is 0 Å². The molecule has 0 saturated heterocycles. The Labute approximate surface area is 362 Å². The van der Waals surface area contributed by atoms with Gasteiger partial charge in [0, 0.05) is 38.5 Å².